The van der Waals surface area contributed by atoms with E-state index >= 15 is 0 Å². The molecule has 3 rings (SSSR count). The first-order valence-corrected chi connectivity index (χ1v) is 8.86. The Morgan fingerprint density at radius 1 is 1.15 bits per heavy atom. The van der Waals surface area contributed by atoms with Gasteiger partial charge in [-0.2, -0.15) is 0 Å². The predicted octanol–water partition coefficient (Wildman–Crippen LogP) is 3.12. The molecule has 1 fully saturated rings. The number of carbonyl (C=O) groups excluding carboxylic acids is 2. The van der Waals surface area contributed by atoms with Gasteiger partial charge in [-0.15, -0.1) is 0 Å². The summed E-state index contributed by atoms with van der Waals surface area (Å²) >= 11 is 0. The second-order valence-electron chi connectivity index (χ2n) is 7.53. The van der Waals surface area contributed by atoms with Gasteiger partial charge in [-0.1, -0.05) is 51.1 Å². The van der Waals surface area contributed by atoms with Crippen LogP contribution in [0.1, 0.15) is 33.6 Å². The number of carbonyl (C=O) groups is 2. The molecule has 0 radical (unpaired) electrons. The van der Waals surface area contributed by atoms with E-state index in [4.69, 9.17) is 0 Å². The van der Waals surface area contributed by atoms with Gasteiger partial charge in [0.1, 0.15) is 6.04 Å². The van der Waals surface area contributed by atoms with E-state index in [1.54, 1.807) is 17.2 Å². The molecule has 6 nitrogen and oxygen atoms in total. The number of hydrogen-bond donors (Lipinski definition) is 1. The van der Waals surface area contributed by atoms with Crippen molar-refractivity contribution in [3.05, 3.63) is 42.6 Å². The molecule has 1 saturated heterocycles. The van der Waals surface area contributed by atoms with Gasteiger partial charge < -0.3 is 4.90 Å². The highest BCUT2D eigenvalue weighted by molar-refractivity contribution is 5.97. The maximum Gasteiger partial charge on any atom is 0.249 e. The largest absolute Gasteiger partial charge is 0.330 e. The number of nitrogens with zero attached hydrogens (tertiary/aromatic N) is 3. The smallest absolute Gasteiger partial charge is 0.249 e. The maximum absolute atomic E-state index is 12.7. The summed E-state index contributed by atoms with van der Waals surface area (Å²) in [5.74, 6) is 0.0193. The minimum atomic E-state index is -0.507. The Kier molecular flexibility index (Phi) is 5.02. The van der Waals surface area contributed by atoms with E-state index in [1.165, 1.54) is 0 Å². The fourth-order valence-electron chi connectivity index (χ4n) is 3.10. The Labute approximate surface area is 153 Å². The summed E-state index contributed by atoms with van der Waals surface area (Å²) in [5, 5.41) is 2.78. The van der Waals surface area contributed by atoms with Crippen LogP contribution < -0.4 is 5.32 Å². The second kappa shape index (κ2) is 7.23. The van der Waals surface area contributed by atoms with Crippen molar-refractivity contribution in [1.29, 1.82) is 0 Å². The topological polar surface area (TPSA) is 75.2 Å². The Bertz CT molecular complexity index is 799. The van der Waals surface area contributed by atoms with Crippen LogP contribution in [0.3, 0.4) is 0 Å². The molecule has 1 atom stereocenters. The zero-order valence-electron chi connectivity index (χ0n) is 15.4. The number of likely N-dealkylation sites (tertiary alicyclic amines) is 1. The van der Waals surface area contributed by atoms with Crippen LogP contribution in [0, 0.1) is 5.41 Å². The number of nitrogens with one attached hydrogen (secondary N) is 1. The number of benzene rings is 1. The highest BCUT2D eigenvalue weighted by atomic mass is 16.2. The predicted molar refractivity (Wildman–Crippen MR) is 100 cm³/mol. The van der Waals surface area contributed by atoms with Crippen molar-refractivity contribution in [3.8, 4) is 11.3 Å². The Morgan fingerprint density at radius 3 is 2.58 bits per heavy atom. The molecule has 2 amide bonds. The van der Waals surface area contributed by atoms with E-state index in [0.29, 0.717) is 13.0 Å². The molecule has 26 heavy (non-hydrogen) atoms. The first kappa shape index (κ1) is 18.0. The van der Waals surface area contributed by atoms with Crippen LogP contribution in [-0.4, -0.2) is 39.3 Å². The van der Waals surface area contributed by atoms with E-state index in [0.717, 1.165) is 17.7 Å². The van der Waals surface area contributed by atoms with Gasteiger partial charge in [0.15, 0.2) is 0 Å². The van der Waals surface area contributed by atoms with Gasteiger partial charge in [0, 0.05) is 23.7 Å². The fourth-order valence-corrected chi connectivity index (χ4v) is 3.10. The molecule has 0 saturated carbocycles. The SMILES string of the molecule is CC(C)(C)C(=O)N1CCCC1C(=O)Nc1nccc(-c2ccccc2)n1. The lowest BCUT2D eigenvalue weighted by Crippen LogP contribution is -2.47. The molecular formula is C20H24N4O2. The maximum atomic E-state index is 12.7. The summed E-state index contributed by atoms with van der Waals surface area (Å²) in [7, 11) is 0. The molecule has 1 aromatic heterocycles. The lowest BCUT2D eigenvalue weighted by atomic mass is 9.94. The molecule has 6 heteroatoms. The fraction of sp³-hybridized carbons (Fsp3) is 0.400. The summed E-state index contributed by atoms with van der Waals surface area (Å²) in [6.07, 6.45) is 3.11. The van der Waals surface area contributed by atoms with Crippen molar-refractivity contribution in [2.24, 2.45) is 5.41 Å². The average molecular weight is 352 g/mol. The molecule has 0 bridgehead atoms. The summed E-state index contributed by atoms with van der Waals surface area (Å²) < 4.78 is 0. The Hall–Kier alpha value is -2.76. The Morgan fingerprint density at radius 2 is 1.88 bits per heavy atom. The molecule has 136 valence electrons. The van der Waals surface area contributed by atoms with Crippen LogP contribution in [-0.2, 0) is 9.59 Å². The first-order chi connectivity index (χ1) is 12.4. The van der Waals surface area contributed by atoms with Gasteiger partial charge in [0.25, 0.3) is 0 Å². The molecule has 1 aromatic carbocycles. The molecule has 1 N–H and O–H groups in total. The lowest BCUT2D eigenvalue weighted by molar-refractivity contribution is -0.143. The molecule has 1 aliphatic heterocycles. The van der Waals surface area contributed by atoms with Crippen molar-refractivity contribution in [2.75, 3.05) is 11.9 Å². The minimum Gasteiger partial charge on any atom is -0.330 e. The highest BCUT2D eigenvalue weighted by Crippen LogP contribution is 2.26. The molecule has 2 aromatic rings. The van der Waals surface area contributed by atoms with Gasteiger partial charge in [-0.3, -0.25) is 14.9 Å². The molecule has 0 aliphatic carbocycles. The normalized spacial score (nSPS) is 17.2. The van der Waals surface area contributed by atoms with E-state index < -0.39 is 11.5 Å². The number of aromatic nitrogens is 2. The third-order valence-corrected chi connectivity index (χ3v) is 4.42. The monoisotopic (exact) mass is 352 g/mol. The summed E-state index contributed by atoms with van der Waals surface area (Å²) in [5.41, 5.74) is 1.19. The number of rotatable bonds is 3. The van der Waals surface area contributed by atoms with Crippen molar-refractivity contribution >= 4 is 17.8 Å². The number of amides is 2. The van der Waals surface area contributed by atoms with Crippen LogP contribution in [0.2, 0.25) is 0 Å². The van der Waals surface area contributed by atoms with E-state index in [2.05, 4.69) is 15.3 Å². The van der Waals surface area contributed by atoms with Gasteiger partial charge in [-0.25, -0.2) is 9.97 Å². The number of hydrogen-bond acceptors (Lipinski definition) is 4. The third kappa shape index (κ3) is 3.90. The van der Waals surface area contributed by atoms with Crippen LogP contribution in [0.15, 0.2) is 42.6 Å². The lowest BCUT2D eigenvalue weighted by Gasteiger charge is -2.30. The van der Waals surface area contributed by atoms with Crippen molar-refractivity contribution in [1.82, 2.24) is 14.9 Å². The van der Waals surface area contributed by atoms with Gasteiger partial charge >= 0.3 is 0 Å². The van der Waals surface area contributed by atoms with Crippen LogP contribution in [0.5, 0.6) is 0 Å². The van der Waals surface area contributed by atoms with Crippen molar-refractivity contribution in [2.45, 2.75) is 39.7 Å². The zero-order valence-corrected chi connectivity index (χ0v) is 15.4. The van der Waals surface area contributed by atoms with Crippen LogP contribution >= 0.6 is 0 Å². The van der Waals surface area contributed by atoms with Crippen molar-refractivity contribution < 1.29 is 9.59 Å². The molecular weight excluding hydrogens is 328 g/mol. The highest BCUT2D eigenvalue weighted by Gasteiger charge is 2.38. The van der Waals surface area contributed by atoms with E-state index in [1.807, 2.05) is 51.1 Å². The van der Waals surface area contributed by atoms with Crippen LogP contribution in [0.4, 0.5) is 5.95 Å². The molecule has 1 aliphatic rings. The first-order valence-electron chi connectivity index (χ1n) is 8.86. The number of anilines is 1. The zero-order chi connectivity index (χ0) is 18.7. The van der Waals surface area contributed by atoms with Crippen molar-refractivity contribution in [3.63, 3.8) is 0 Å². The second-order valence-corrected chi connectivity index (χ2v) is 7.53. The summed E-state index contributed by atoms with van der Waals surface area (Å²) in [4.78, 5) is 35.6. The molecule has 0 spiro atoms. The molecule has 2 heterocycles. The van der Waals surface area contributed by atoms with E-state index in [9.17, 15) is 9.59 Å². The van der Waals surface area contributed by atoms with Gasteiger partial charge in [-0.05, 0) is 18.9 Å². The molecule has 1 unspecified atom stereocenters. The third-order valence-electron chi connectivity index (χ3n) is 4.42. The quantitative estimate of drug-likeness (QED) is 0.921. The minimum absolute atomic E-state index is 0.00546. The standard InChI is InChI=1S/C20H24N4O2/c1-20(2,3)18(26)24-13-7-10-16(24)17(25)23-19-21-12-11-15(22-19)14-8-5-4-6-9-14/h4-6,8-9,11-12,16H,7,10,13H2,1-3H3,(H,21,22,23,25). The van der Waals surface area contributed by atoms with Gasteiger partial charge in [0.2, 0.25) is 17.8 Å². The summed E-state index contributed by atoms with van der Waals surface area (Å²) in [6, 6.07) is 11.0. The average Bonchev–Trinajstić information content (AvgIpc) is 3.11. The van der Waals surface area contributed by atoms with E-state index in [-0.39, 0.29) is 17.8 Å². The van der Waals surface area contributed by atoms with Crippen LogP contribution in [0.25, 0.3) is 11.3 Å². The summed E-state index contributed by atoms with van der Waals surface area (Å²) in [6.45, 7) is 6.22. The van der Waals surface area contributed by atoms with Gasteiger partial charge in [0.05, 0.1) is 5.69 Å². The Balaban J connectivity index is 1.75.